The van der Waals surface area contributed by atoms with Crippen molar-refractivity contribution < 1.29 is 14.3 Å². The number of hydrogen-bond donors (Lipinski definition) is 1. The molecule has 4 aromatic rings. The van der Waals surface area contributed by atoms with Crippen molar-refractivity contribution in [2.24, 2.45) is 0 Å². The van der Waals surface area contributed by atoms with Crippen LogP contribution in [-0.2, 0) is 4.79 Å². The number of carbonyl (C=O) groups excluding carboxylic acids is 1. The van der Waals surface area contributed by atoms with Gasteiger partial charge in [-0.15, -0.1) is 0 Å². The Balaban J connectivity index is 1.53. The molecule has 0 bridgehead atoms. The Labute approximate surface area is 188 Å². The minimum Gasteiger partial charge on any atom is -0.496 e. The number of para-hydroxylation sites is 1. The highest BCUT2D eigenvalue weighted by Crippen LogP contribution is 2.32. The molecule has 0 spiro atoms. The van der Waals surface area contributed by atoms with Gasteiger partial charge in [-0.05, 0) is 36.4 Å². The van der Waals surface area contributed by atoms with Crippen molar-refractivity contribution in [3.05, 3.63) is 65.9 Å². The molecule has 0 aliphatic heterocycles. The fourth-order valence-corrected chi connectivity index (χ4v) is 4.04. The molecule has 2 heterocycles. The fraction of sp³-hybridized carbons (Fsp3) is 0.136. The lowest BCUT2D eigenvalue weighted by atomic mass is 10.1. The van der Waals surface area contributed by atoms with Gasteiger partial charge in [-0.1, -0.05) is 35.5 Å². The number of amides is 1. The van der Waals surface area contributed by atoms with Crippen LogP contribution < -0.4 is 14.8 Å². The highest BCUT2D eigenvalue weighted by Gasteiger charge is 2.14. The Kier molecular flexibility index (Phi) is 6.29. The summed E-state index contributed by atoms with van der Waals surface area (Å²) < 4.78 is 12.5. The lowest BCUT2D eigenvalue weighted by Crippen LogP contribution is -2.15. The maximum atomic E-state index is 12.5. The van der Waals surface area contributed by atoms with Crippen LogP contribution in [-0.4, -0.2) is 40.5 Å². The predicted octanol–water partition coefficient (Wildman–Crippen LogP) is 4.80. The highest BCUT2D eigenvalue weighted by atomic mass is 35.5. The van der Waals surface area contributed by atoms with E-state index in [9.17, 15) is 4.79 Å². The molecular formula is C22H19ClN4O3S. The van der Waals surface area contributed by atoms with Gasteiger partial charge < -0.3 is 14.8 Å². The average Bonchev–Trinajstić information content (AvgIpc) is 3.22. The molecule has 0 saturated carbocycles. The van der Waals surface area contributed by atoms with E-state index in [1.54, 1.807) is 42.2 Å². The number of nitrogens with zero attached hydrogens (tertiary/aromatic N) is 3. The van der Waals surface area contributed by atoms with Crippen LogP contribution in [0.2, 0.25) is 5.02 Å². The smallest absolute Gasteiger partial charge is 0.234 e. The monoisotopic (exact) mass is 454 g/mol. The first-order chi connectivity index (χ1) is 15.1. The molecule has 9 heteroatoms. The largest absolute Gasteiger partial charge is 0.496 e. The maximum absolute atomic E-state index is 12.5. The number of aromatic nitrogens is 3. The second kappa shape index (κ2) is 9.28. The van der Waals surface area contributed by atoms with Crippen molar-refractivity contribution in [3.63, 3.8) is 0 Å². The summed E-state index contributed by atoms with van der Waals surface area (Å²) in [6.45, 7) is 0. The zero-order valence-electron chi connectivity index (χ0n) is 16.8. The van der Waals surface area contributed by atoms with E-state index in [-0.39, 0.29) is 11.7 Å². The predicted molar refractivity (Wildman–Crippen MR) is 122 cm³/mol. The first-order valence-electron chi connectivity index (χ1n) is 9.33. The van der Waals surface area contributed by atoms with E-state index in [2.05, 4.69) is 15.4 Å². The number of carbonyl (C=O) groups is 1. The molecule has 0 aliphatic rings. The van der Waals surface area contributed by atoms with Crippen LogP contribution in [0.4, 0.5) is 5.69 Å². The molecule has 2 aromatic carbocycles. The van der Waals surface area contributed by atoms with Gasteiger partial charge in [0.25, 0.3) is 0 Å². The van der Waals surface area contributed by atoms with Crippen molar-refractivity contribution in [1.82, 2.24) is 14.6 Å². The quantitative estimate of drug-likeness (QED) is 0.404. The second-order valence-electron chi connectivity index (χ2n) is 6.47. The van der Waals surface area contributed by atoms with Gasteiger partial charge in [0.2, 0.25) is 5.91 Å². The number of benzene rings is 2. The summed E-state index contributed by atoms with van der Waals surface area (Å²) >= 11 is 7.35. The van der Waals surface area contributed by atoms with Crippen LogP contribution in [0.25, 0.3) is 16.8 Å². The van der Waals surface area contributed by atoms with Crippen molar-refractivity contribution in [1.29, 1.82) is 0 Å². The van der Waals surface area contributed by atoms with Gasteiger partial charge in [-0.25, -0.2) is 9.50 Å². The lowest BCUT2D eigenvalue weighted by molar-refractivity contribution is -0.113. The van der Waals surface area contributed by atoms with Crippen molar-refractivity contribution in [2.45, 2.75) is 5.03 Å². The average molecular weight is 455 g/mol. The van der Waals surface area contributed by atoms with Gasteiger partial charge in [-0.2, -0.15) is 5.10 Å². The number of anilines is 1. The molecule has 0 unspecified atom stereocenters. The van der Waals surface area contributed by atoms with Gasteiger partial charge in [0.15, 0.2) is 0 Å². The van der Waals surface area contributed by atoms with Crippen LogP contribution in [0, 0.1) is 0 Å². The lowest BCUT2D eigenvalue weighted by Gasteiger charge is -2.10. The molecule has 1 amide bonds. The van der Waals surface area contributed by atoms with Crippen molar-refractivity contribution in [3.8, 4) is 22.8 Å². The molecule has 31 heavy (non-hydrogen) atoms. The van der Waals surface area contributed by atoms with Crippen LogP contribution in [0.3, 0.4) is 0 Å². The van der Waals surface area contributed by atoms with E-state index in [0.717, 1.165) is 22.5 Å². The minimum absolute atomic E-state index is 0.164. The van der Waals surface area contributed by atoms with Gasteiger partial charge in [-0.3, -0.25) is 4.79 Å². The number of rotatable bonds is 7. The summed E-state index contributed by atoms with van der Waals surface area (Å²) in [6, 6.07) is 14.7. The number of halogens is 1. The third kappa shape index (κ3) is 4.60. The van der Waals surface area contributed by atoms with Crippen LogP contribution >= 0.6 is 23.4 Å². The Morgan fingerprint density at radius 2 is 1.94 bits per heavy atom. The molecule has 0 radical (unpaired) electrons. The Hall–Kier alpha value is -3.23. The SMILES string of the molecule is COc1ccc(Cl)cc1NC(=O)CSc1nccn2nc(-c3ccccc3OC)cc12. The molecule has 2 aromatic heterocycles. The zero-order valence-corrected chi connectivity index (χ0v) is 18.4. The minimum atomic E-state index is -0.196. The van der Waals surface area contributed by atoms with E-state index >= 15 is 0 Å². The number of fused-ring (bicyclic) bond motifs is 1. The van der Waals surface area contributed by atoms with Gasteiger partial charge in [0.05, 0.1) is 36.9 Å². The van der Waals surface area contributed by atoms with E-state index in [1.165, 1.54) is 18.9 Å². The Bertz CT molecular complexity index is 1240. The molecular weight excluding hydrogens is 436 g/mol. The molecule has 0 fully saturated rings. The first kappa shape index (κ1) is 21.0. The number of methoxy groups -OCH3 is 2. The van der Waals surface area contributed by atoms with Crippen molar-refractivity contribution >= 4 is 40.5 Å². The van der Waals surface area contributed by atoms with Gasteiger partial charge in [0.1, 0.15) is 16.5 Å². The molecule has 0 aliphatic carbocycles. The maximum Gasteiger partial charge on any atom is 0.234 e. The molecule has 158 valence electrons. The van der Waals surface area contributed by atoms with Crippen LogP contribution in [0.15, 0.2) is 66.0 Å². The van der Waals surface area contributed by atoms with Crippen LogP contribution in [0.1, 0.15) is 0 Å². The summed E-state index contributed by atoms with van der Waals surface area (Å²) in [5.74, 6) is 1.25. The third-order valence-electron chi connectivity index (χ3n) is 4.51. The molecule has 7 nitrogen and oxygen atoms in total. The second-order valence-corrected chi connectivity index (χ2v) is 7.87. The van der Waals surface area contributed by atoms with E-state index in [0.29, 0.717) is 21.5 Å². The summed E-state index contributed by atoms with van der Waals surface area (Å²) in [5.41, 5.74) is 2.98. The molecule has 4 rings (SSSR count). The summed E-state index contributed by atoms with van der Waals surface area (Å²) in [5, 5.41) is 8.67. The highest BCUT2D eigenvalue weighted by molar-refractivity contribution is 8.00. The van der Waals surface area contributed by atoms with Gasteiger partial charge >= 0.3 is 0 Å². The zero-order chi connectivity index (χ0) is 21.8. The molecule has 1 N–H and O–H groups in total. The van der Waals surface area contributed by atoms with Crippen molar-refractivity contribution in [2.75, 3.05) is 25.3 Å². The Morgan fingerprint density at radius 3 is 2.74 bits per heavy atom. The van der Waals surface area contributed by atoms with Crippen LogP contribution in [0.5, 0.6) is 11.5 Å². The number of hydrogen-bond acceptors (Lipinski definition) is 6. The molecule has 0 atom stereocenters. The number of ether oxygens (including phenoxy) is 2. The number of nitrogens with one attached hydrogen (secondary N) is 1. The van der Waals surface area contributed by atoms with E-state index in [1.807, 2.05) is 30.3 Å². The summed E-state index contributed by atoms with van der Waals surface area (Å²) in [7, 11) is 3.17. The van der Waals surface area contributed by atoms with Gasteiger partial charge in [0, 0.05) is 23.0 Å². The van der Waals surface area contributed by atoms with E-state index in [4.69, 9.17) is 21.1 Å². The normalized spacial score (nSPS) is 10.8. The fourth-order valence-electron chi connectivity index (χ4n) is 3.10. The Morgan fingerprint density at radius 1 is 1.13 bits per heavy atom. The third-order valence-corrected chi connectivity index (χ3v) is 5.74. The van der Waals surface area contributed by atoms with E-state index < -0.39 is 0 Å². The molecule has 0 saturated heterocycles. The summed E-state index contributed by atoms with van der Waals surface area (Å²) in [6.07, 6.45) is 3.43. The topological polar surface area (TPSA) is 77.8 Å². The number of thioether (sulfide) groups is 1. The standard InChI is InChI=1S/C22H19ClN4O3S/c1-29-19-6-4-3-5-15(19)16-12-18-22(24-9-10-27(18)26-16)31-13-21(28)25-17-11-14(23)7-8-20(17)30-2/h3-12H,13H2,1-2H3,(H,25,28). The first-order valence-corrected chi connectivity index (χ1v) is 10.7. The summed E-state index contributed by atoms with van der Waals surface area (Å²) in [4.78, 5) is 16.9.